The topological polar surface area (TPSA) is 67.4 Å². The van der Waals surface area contributed by atoms with Crippen molar-refractivity contribution in [2.75, 3.05) is 6.54 Å². The second-order valence-electron chi connectivity index (χ2n) is 4.36. The van der Waals surface area contributed by atoms with Crippen molar-refractivity contribution >= 4 is 11.9 Å². The van der Waals surface area contributed by atoms with Crippen LogP contribution in [0.15, 0.2) is 0 Å². The summed E-state index contributed by atoms with van der Waals surface area (Å²) in [5.41, 5.74) is 4.59. The Hall–Kier alpha value is -1.10. The van der Waals surface area contributed by atoms with Gasteiger partial charge in [-0.1, -0.05) is 0 Å². The summed E-state index contributed by atoms with van der Waals surface area (Å²) in [6.45, 7) is 5.85. The lowest BCUT2D eigenvalue weighted by Gasteiger charge is -2.26. The zero-order valence-corrected chi connectivity index (χ0v) is 8.72. The average molecular weight is 200 g/mol. The van der Waals surface area contributed by atoms with E-state index in [-0.39, 0.29) is 24.2 Å². The smallest absolute Gasteiger partial charge is 0.311 e. The van der Waals surface area contributed by atoms with Gasteiger partial charge in [0.1, 0.15) is 5.60 Å². The summed E-state index contributed by atoms with van der Waals surface area (Å²) in [7, 11) is 0. The molecule has 2 N–H and O–H groups in total. The van der Waals surface area contributed by atoms with E-state index in [0.717, 1.165) is 0 Å². The van der Waals surface area contributed by atoms with E-state index >= 15 is 0 Å². The standard InChI is InChI=1S/C9H16N2O3/c1-9(2,3)14-8(13)6-4-7(12)11-10-5-6/h6,10H,4-5H2,1-3H3,(H,11,12). The SMILES string of the molecule is CC(C)(C)OC(=O)C1CNNC(=O)C1. The number of hydrogen-bond acceptors (Lipinski definition) is 4. The van der Waals surface area contributed by atoms with Crippen molar-refractivity contribution in [1.82, 2.24) is 10.9 Å². The normalized spacial score (nSPS) is 22.8. The molecular formula is C9H16N2O3. The molecule has 0 bridgehead atoms. The molecule has 0 aromatic rings. The zero-order chi connectivity index (χ0) is 10.8. The van der Waals surface area contributed by atoms with Crippen LogP contribution in [-0.2, 0) is 14.3 Å². The van der Waals surface area contributed by atoms with Crippen LogP contribution in [0.2, 0.25) is 0 Å². The highest BCUT2D eigenvalue weighted by atomic mass is 16.6. The molecule has 80 valence electrons. The quantitative estimate of drug-likeness (QED) is 0.583. The number of carbonyl (C=O) groups is 2. The van der Waals surface area contributed by atoms with Crippen LogP contribution < -0.4 is 10.9 Å². The van der Waals surface area contributed by atoms with Crippen LogP contribution in [0.5, 0.6) is 0 Å². The molecule has 1 saturated heterocycles. The highest BCUT2D eigenvalue weighted by Crippen LogP contribution is 2.14. The molecule has 1 rings (SSSR count). The molecule has 14 heavy (non-hydrogen) atoms. The third-order valence-corrected chi connectivity index (χ3v) is 1.75. The van der Waals surface area contributed by atoms with Gasteiger partial charge in [0.2, 0.25) is 5.91 Å². The molecule has 1 unspecified atom stereocenters. The van der Waals surface area contributed by atoms with Gasteiger partial charge in [-0.3, -0.25) is 15.0 Å². The first-order chi connectivity index (χ1) is 6.38. The zero-order valence-electron chi connectivity index (χ0n) is 8.72. The summed E-state index contributed by atoms with van der Waals surface area (Å²) >= 11 is 0. The lowest BCUT2D eigenvalue weighted by atomic mass is 10.0. The van der Waals surface area contributed by atoms with Gasteiger partial charge < -0.3 is 4.74 Å². The van der Waals surface area contributed by atoms with E-state index in [9.17, 15) is 9.59 Å². The number of rotatable bonds is 1. The molecule has 0 aromatic heterocycles. The third kappa shape index (κ3) is 3.33. The Bertz CT molecular complexity index is 245. The van der Waals surface area contributed by atoms with Crippen molar-refractivity contribution < 1.29 is 14.3 Å². The summed E-state index contributed by atoms with van der Waals surface area (Å²) in [6.07, 6.45) is 0.196. The minimum absolute atomic E-state index is 0.174. The van der Waals surface area contributed by atoms with Crippen LogP contribution in [0.1, 0.15) is 27.2 Å². The van der Waals surface area contributed by atoms with Crippen molar-refractivity contribution in [1.29, 1.82) is 0 Å². The molecule has 5 heteroatoms. The monoisotopic (exact) mass is 200 g/mol. The predicted molar refractivity (Wildman–Crippen MR) is 50.1 cm³/mol. The van der Waals surface area contributed by atoms with Gasteiger partial charge in [-0.25, -0.2) is 5.43 Å². The fraction of sp³-hybridized carbons (Fsp3) is 0.778. The minimum atomic E-state index is -0.495. The molecule has 0 aliphatic carbocycles. The number of hydrogen-bond donors (Lipinski definition) is 2. The molecular weight excluding hydrogens is 184 g/mol. The first kappa shape index (κ1) is 11.0. The van der Waals surface area contributed by atoms with Gasteiger partial charge in [-0.2, -0.15) is 0 Å². The van der Waals surface area contributed by atoms with Crippen molar-refractivity contribution in [3.8, 4) is 0 Å². The number of carbonyl (C=O) groups excluding carboxylic acids is 2. The molecule has 1 atom stereocenters. The average Bonchev–Trinajstić information content (AvgIpc) is 2.01. The number of nitrogens with one attached hydrogen (secondary N) is 2. The second kappa shape index (κ2) is 3.96. The van der Waals surface area contributed by atoms with Gasteiger partial charge >= 0.3 is 5.97 Å². The summed E-state index contributed by atoms with van der Waals surface area (Å²) < 4.78 is 5.17. The van der Waals surface area contributed by atoms with Crippen molar-refractivity contribution in [2.24, 2.45) is 5.92 Å². The first-order valence-corrected chi connectivity index (χ1v) is 4.63. The summed E-state index contributed by atoms with van der Waals surface area (Å²) in [5, 5.41) is 0. The van der Waals surface area contributed by atoms with E-state index in [0.29, 0.717) is 6.54 Å². The number of esters is 1. The first-order valence-electron chi connectivity index (χ1n) is 4.63. The molecule has 1 heterocycles. The van der Waals surface area contributed by atoms with Gasteiger partial charge in [0, 0.05) is 13.0 Å². The largest absolute Gasteiger partial charge is 0.460 e. The van der Waals surface area contributed by atoms with Crippen molar-refractivity contribution in [3.05, 3.63) is 0 Å². The molecule has 1 amide bonds. The van der Waals surface area contributed by atoms with Crippen LogP contribution in [-0.4, -0.2) is 24.0 Å². The molecule has 0 aromatic carbocycles. The maximum Gasteiger partial charge on any atom is 0.311 e. The Morgan fingerprint density at radius 3 is 2.64 bits per heavy atom. The molecule has 5 nitrogen and oxygen atoms in total. The molecule has 0 saturated carbocycles. The highest BCUT2D eigenvalue weighted by molar-refractivity contribution is 5.84. The van der Waals surface area contributed by atoms with Crippen LogP contribution in [0, 0.1) is 5.92 Å². The van der Waals surface area contributed by atoms with Crippen molar-refractivity contribution in [3.63, 3.8) is 0 Å². The van der Waals surface area contributed by atoms with Gasteiger partial charge in [0.15, 0.2) is 0 Å². The number of amides is 1. The third-order valence-electron chi connectivity index (χ3n) is 1.75. The van der Waals surface area contributed by atoms with E-state index in [1.807, 2.05) is 0 Å². The maximum atomic E-state index is 11.5. The van der Waals surface area contributed by atoms with E-state index < -0.39 is 5.60 Å². The molecule has 1 aliphatic heterocycles. The molecule has 0 spiro atoms. The Morgan fingerprint density at radius 2 is 2.14 bits per heavy atom. The van der Waals surface area contributed by atoms with Crippen LogP contribution in [0.4, 0.5) is 0 Å². The lowest BCUT2D eigenvalue weighted by molar-refractivity contribution is -0.162. The van der Waals surface area contributed by atoms with E-state index in [2.05, 4.69) is 10.9 Å². The number of hydrazine groups is 1. The Morgan fingerprint density at radius 1 is 1.50 bits per heavy atom. The molecule has 1 fully saturated rings. The van der Waals surface area contributed by atoms with Gasteiger partial charge in [0.25, 0.3) is 0 Å². The van der Waals surface area contributed by atoms with Gasteiger partial charge in [-0.05, 0) is 20.8 Å². The summed E-state index contributed by atoms with van der Waals surface area (Å²) in [4.78, 5) is 22.5. The van der Waals surface area contributed by atoms with Gasteiger partial charge in [0.05, 0.1) is 5.92 Å². The van der Waals surface area contributed by atoms with E-state index in [4.69, 9.17) is 4.74 Å². The Balaban J connectivity index is 2.48. The summed E-state index contributed by atoms with van der Waals surface area (Å²) in [6, 6.07) is 0. The van der Waals surface area contributed by atoms with Crippen LogP contribution in [0.25, 0.3) is 0 Å². The summed E-state index contributed by atoms with van der Waals surface area (Å²) in [5.74, 6) is -0.866. The Labute approximate surface area is 83.2 Å². The lowest BCUT2D eigenvalue weighted by Crippen LogP contribution is -2.49. The molecule has 1 aliphatic rings. The minimum Gasteiger partial charge on any atom is -0.460 e. The highest BCUT2D eigenvalue weighted by Gasteiger charge is 2.29. The van der Waals surface area contributed by atoms with E-state index in [1.165, 1.54) is 0 Å². The van der Waals surface area contributed by atoms with E-state index in [1.54, 1.807) is 20.8 Å². The van der Waals surface area contributed by atoms with Crippen molar-refractivity contribution in [2.45, 2.75) is 32.8 Å². The second-order valence-corrected chi connectivity index (χ2v) is 4.36. The van der Waals surface area contributed by atoms with Crippen LogP contribution >= 0.6 is 0 Å². The van der Waals surface area contributed by atoms with Gasteiger partial charge in [-0.15, -0.1) is 0 Å². The van der Waals surface area contributed by atoms with Crippen LogP contribution in [0.3, 0.4) is 0 Å². The fourth-order valence-corrected chi connectivity index (χ4v) is 1.17. The maximum absolute atomic E-state index is 11.5. The fourth-order valence-electron chi connectivity index (χ4n) is 1.17. The predicted octanol–water partition coefficient (Wildman–Crippen LogP) is -0.0312. The molecule has 0 radical (unpaired) electrons. The number of ether oxygens (including phenoxy) is 1. The Kier molecular flexibility index (Phi) is 3.10.